The summed E-state index contributed by atoms with van der Waals surface area (Å²) in [7, 11) is 0. The van der Waals surface area contributed by atoms with Crippen LogP contribution in [0.15, 0.2) is 22.5 Å². The van der Waals surface area contributed by atoms with Gasteiger partial charge in [-0.25, -0.2) is 9.79 Å². The lowest BCUT2D eigenvalue weighted by atomic mass is 10.2. The molecule has 1 aromatic heterocycles. The summed E-state index contributed by atoms with van der Waals surface area (Å²) >= 11 is 1.70. The fourth-order valence-electron chi connectivity index (χ4n) is 2.33. The number of hydrogen-bond acceptors (Lipinski definition) is 4. The minimum Gasteiger partial charge on any atom is -0.444 e. The molecule has 0 aromatic carbocycles. The summed E-state index contributed by atoms with van der Waals surface area (Å²) in [5.74, 6) is 0.774. The van der Waals surface area contributed by atoms with Crippen molar-refractivity contribution in [2.45, 2.75) is 58.7 Å². The highest BCUT2D eigenvalue weighted by molar-refractivity contribution is 14.0. The van der Waals surface area contributed by atoms with Crippen LogP contribution in [0.1, 0.15) is 45.4 Å². The molecule has 2 N–H and O–H groups in total. The van der Waals surface area contributed by atoms with Gasteiger partial charge >= 0.3 is 6.09 Å². The zero-order chi connectivity index (χ0) is 18.3. The Kier molecular flexibility index (Phi) is 9.70. The molecule has 1 aromatic rings. The summed E-state index contributed by atoms with van der Waals surface area (Å²) in [4.78, 5) is 20.0. The zero-order valence-corrected chi connectivity index (χ0v) is 19.2. The molecule has 1 saturated carbocycles. The second kappa shape index (κ2) is 11.0. The van der Waals surface area contributed by atoms with Crippen LogP contribution >= 0.6 is 35.3 Å². The summed E-state index contributed by atoms with van der Waals surface area (Å²) in [6.07, 6.45) is 1.90. The van der Waals surface area contributed by atoms with Crippen LogP contribution in [0.2, 0.25) is 0 Å². The van der Waals surface area contributed by atoms with Crippen LogP contribution in [0.4, 0.5) is 4.79 Å². The number of amides is 1. The average Bonchev–Trinajstić information content (AvgIpc) is 3.22. The molecule has 8 heteroatoms. The maximum Gasteiger partial charge on any atom is 0.410 e. The van der Waals surface area contributed by atoms with E-state index >= 15 is 0 Å². The van der Waals surface area contributed by atoms with Crippen molar-refractivity contribution in [3.05, 3.63) is 22.4 Å². The molecular weight excluding hydrogens is 463 g/mol. The summed E-state index contributed by atoms with van der Waals surface area (Å²) in [6.45, 7) is 10.5. The first-order valence-electron chi connectivity index (χ1n) is 8.93. The summed E-state index contributed by atoms with van der Waals surface area (Å²) in [5, 5.41) is 8.60. The van der Waals surface area contributed by atoms with E-state index in [9.17, 15) is 4.79 Å². The number of thiophene rings is 1. The molecule has 0 radical (unpaired) electrons. The number of halogens is 1. The van der Waals surface area contributed by atoms with Gasteiger partial charge in [-0.2, -0.15) is 0 Å². The van der Waals surface area contributed by atoms with E-state index in [0.717, 1.165) is 25.3 Å². The third kappa shape index (κ3) is 8.57. The molecule has 6 nitrogen and oxygen atoms in total. The first-order chi connectivity index (χ1) is 11.9. The maximum absolute atomic E-state index is 12.4. The lowest BCUT2D eigenvalue weighted by Crippen LogP contribution is -2.45. The monoisotopic (exact) mass is 494 g/mol. The maximum atomic E-state index is 12.4. The molecule has 0 bridgehead atoms. The predicted molar refractivity (Wildman–Crippen MR) is 119 cm³/mol. The van der Waals surface area contributed by atoms with Crippen molar-refractivity contribution in [1.29, 1.82) is 0 Å². The van der Waals surface area contributed by atoms with Crippen LogP contribution in [-0.4, -0.2) is 48.2 Å². The Balaban J connectivity index is 0.00000338. The smallest absolute Gasteiger partial charge is 0.410 e. The molecule has 0 aliphatic heterocycles. The fourth-order valence-corrected chi connectivity index (χ4v) is 2.95. The largest absolute Gasteiger partial charge is 0.444 e. The SMILES string of the molecule is CCNC(=NCc1cccs1)NCCN(C(=O)OC(C)(C)C)C1CC1.I. The highest BCUT2D eigenvalue weighted by atomic mass is 127. The standard InChI is InChI=1S/C18H30N4O2S.HI/c1-5-19-16(21-13-15-7-6-12-25-15)20-10-11-22(14-8-9-14)17(23)24-18(2,3)4;/h6-7,12,14H,5,8-11,13H2,1-4H3,(H2,19,20,21);1H. The Bertz CT molecular complexity index is 568. The number of ether oxygens (including phenoxy) is 1. The number of hydrogen-bond donors (Lipinski definition) is 2. The van der Waals surface area contributed by atoms with Gasteiger partial charge in [-0.3, -0.25) is 0 Å². The van der Waals surface area contributed by atoms with Gasteiger partial charge in [0.2, 0.25) is 0 Å². The van der Waals surface area contributed by atoms with Crippen molar-refractivity contribution in [3.63, 3.8) is 0 Å². The Morgan fingerprint density at radius 1 is 1.38 bits per heavy atom. The van der Waals surface area contributed by atoms with Gasteiger partial charge in [0.25, 0.3) is 0 Å². The van der Waals surface area contributed by atoms with E-state index in [-0.39, 0.29) is 30.1 Å². The van der Waals surface area contributed by atoms with E-state index in [0.29, 0.717) is 25.7 Å². The molecule has 2 rings (SSSR count). The van der Waals surface area contributed by atoms with Gasteiger partial charge in [-0.1, -0.05) is 6.07 Å². The normalized spacial score (nSPS) is 14.4. The van der Waals surface area contributed by atoms with Gasteiger partial charge in [0, 0.05) is 30.6 Å². The van der Waals surface area contributed by atoms with Crippen LogP contribution in [-0.2, 0) is 11.3 Å². The molecule has 1 amide bonds. The molecular formula is C18H31IN4O2S. The number of aliphatic imine (C=N–C) groups is 1. The molecule has 1 fully saturated rings. The van der Waals surface area contributed by atoms with Crippen molar-refractivity contribution in [2.24, 2.45) is 4.99 Å². The van der Waals surface area contributed by atoms with Gasteiger partial charge in [0.1, 0.15) is 5.60 Å². The molecule has 0 unspecified atom stereocenters. The molecule has 148 valence electrons. The molecule has 1 aliphatic carbocycles. The third-order valence-corrected chi connectivity index (χ3v) is 4.44. The van der Waals surface area contributed by atoms with Crippen molar-refractivity contribution >= 4 is 47.4 Å². The van der Waals surface area contributed by atoms with Crippen molar-refractivity contribution in [1.82, 2.24) is 15.5 Å². The van der Waals surface area contributed by atoms with Crippen LogP contribution < -0.4 is 10.6 Å². The number of nitrogens with zero attached hydrogens (tertiary/aromatic N) is 2. The van der Waals surface area contributed by atoms with Crippen LogP contribution in [0.25, 0.3) is 0 Å². The van der Waals surface area contributed by atoms with Crippen molar-refractivity contribution in [2.75, 3.05) is 19.6 Å². The number of carbonyl (C=O) groups is 1. The predicted octanol–water partition coefficient (Wildman–Crippen LogP) is 3.82. The molecule has 0 saturated heterocycles. The van der Waals surface area contributed by atoms with Crippen LogP contribution in [0.3, 0.4) is 0 Å². The highest BCUT2D eigenvalue weighted by Gasteiger charge is 2.34. The second-order valence-electron chi connectivity index (χ2n) is 7.11. The lowest BCUT2D eigenvalue weighted by Gasteiger charge is -2.27. The number of nitrogens with one attached hydrogen (secondary N) is 2. The van der Waals surface area contributed by atoms with E-state index in [2.05, 4.69) is 27.1 Å². The number of guanidine groups is 1. The van der Waals surface area contributed by atoms with Crippen LogP contribution in [0, 0.1) is 0 Å². The van der Waals surface area contributed by atoms with E-state index in [1.165, 1.54) is 4.88 Å². The topological polar surface area (TPSA) is 66.0 Å². The summed E-state index contributed by atoms with van der Waals surface area (Å²) < 4.78 is 5.52. The zero-order valence-electron chi connectivity index (χ0n) is 16.1. The second-order valence-corrected chi connectivity index (χ2v) is 8.14. The van der Waals surface area contributed by atoms with Gasteiger partial charge < -0.3 is 20.3 Å². The van der Waals surface area contributed by atoms with Crippen molar-refractivity contribution in [3.8, 4) is 0 Å². The van der Waals surface area contributed by atoms with E-state index in [4.69, 9.17) is 4.74 Å². The third-order valence-electron chi connectivity index (χ3n) is 3.58. The lowest BCUT2D eigenvalue weighted by molar-refractivity contribution is 0.0238. The van der Waals surface area contributed by atoms with Crippen LogP contribution in [0.5, 0.6) is 0 Å². The first kappa shape index (κ1) is 23.0. The number of rotatable bonds is 7. The Labute approximate surface area is 177 Å². The summed E-state index contributed by atoms with van der Waals surface area (Å²) in [6, 6.07) is 4.43. The highest BCUT2D eigenvalue weighted by Crippen LogP contribution is 2.28. The Morgan fingerprint density at radius 2 is 2.12 bits per heavy atom. The van der Waals surface area contributed by atoms with E-state index in [1.807, 2.05) is 38.7 Å². The Morgan fingerprint density at radius 3 is 2.65 bits per heavy atom. The molecule has 26 heavy (non-hydrogen) atoms. The number of carbonyl (C=O) groups excluding carboxylic acids is 1. The fraction of sp³-hybridized carbons (Fsp3) is 0.667. The van der Waals surface area contributed by atoms with Crippen molar-refractivity contribution < 1.29 is 9.53 Å². The van der Waals surface area contributed by atoms with Gasteiger partial charge in [-0.05, 0) is 52.0 Å². The summed E-state index contributed by atoms with van der Waals surface area (Å²) in [5.41, 5.74) is -0.464. The van der Waals surface area contributed by atoms with E-state index < -0.39 is 5.60 Å². The molecule has 0 spiro atoms. The molecule has 0 atom stereocenters. The quantitative estimate of drug-likeness (QED) is 0.344. The van der Waals surface area contributed by atoms with E-state index in [1.54, 1.807) is 11.3 Å². The first-order valence-corrected chi connectivity index (χ1v) is 9.81. The average molecular weight is 494 g/mol. The minimum atomic E-state index is -0.464. The van der Waals surface area contributed by atoms with Gasteiger partial charge in [0.05, 0.1) is 6.54 Å². The minimum absolute atomic E-state index is 0. The Hall–Kier alpha value is -1.03. The van der Waals surface area contributed by atoms with Gasteiger partial charge in [-0.15, -0.1) is 35.3 Å². The molecule has 1 heterocycles. The molecule has 1 aliphatic rings. The van der Waals surface area contributed by atoms with Gasteiger partial charge in [0.15, 0.2) is 5.96 Å².